The predicted molar refractivity (Wildman–Crippen MR) is 169 cm³/mol. The zero-order chi connectivity index (χ0) is 31.9. The zero-order valence-corrected chi connectivity index (χ0v) is 25.6. The zero-order valence-electron chi connectivity index (χ0n) is 25.6. The van der Waals surface area contributed by atoms with Crippen LogP contribution < -0.4 is 11.1 Å². The van der Waals surface area contributed by atoms with Crippen LogP contribution in [0.3, 0.4) is 0 Å². The summed E-state index contributed by atoms with van der Waals surface area (Å²) < 4.78 is 36.3. The second-order valence-electron chi connectivity index (χ2n) is 11.8. The SMILES string of the molecule is CCOC(=O)NCCCN(C(=O)c1ccc(N)cc1)[C@@H](c1cc(-c2cc(F)ccc2F)cn1Cc1ccccc1)C(C)(C)C. The van der Waals surface area contributed by atoms with Gasteiger partial charge in [-0.05, 0) is 72.9 Å². The quantitative estimate of drug-likeness (QED) is 0.138. The van der Waals surface area contributed by atoms with Crippen LogP contribution in [-0.2, 0) is 11.3 Å². The number of aromatic nitrogens is 1. The Morgan fingerprint density at radius 2 is 1.70 bits per heavy atom. The smallest absolute Gasteiger partial charge is 0.407 e. The Bertz CT molecular complexity index is 1560. The van der Waals surface area contributed by atoms with Gasteiger partial charge in [0.25, 0.3) is 5.91 Å². The van der Waals surface area contributed by atoms with Crippen LogP contribution in [0, 0.1) is 17.0 Å². The molecule has 0 bridgehead atoms. The van der Waals surface area contributed by atoms with E-state index < -0.39 is 29.2 Å². The van der Waals surface area contributed by atoms with Gasteiger partial charge in [-0.1, -0.05) is 51.1 Å². The Morgan fingerprint density at radius 1 is 1.00 bits per heavy atom. The number of nitrogen functional groups attached to an aromatic ring is 1. The number of carbonyl (C=O) groups is 2. The van der Waals surface area contributed by atoms with E-state index in [0.29, 0.717) is 42.9 Å². The molecule has 0 aliphatic carbocycles. The lowest BCUT2D eigenvalue weighted by molar-refractivity contribution is 0.0491. The Labute approximate surface area is 257 Å². The summed E-state index contributed by atoms with van der Waals surface area (Å²) in [4.78, 5) is 28.0. The largest absolute Gasteiger partial charge is 0.450 e. The fraction of sp³-hybridized carbons (Fsp3) is 0.314. The van der Waals surface area contributed by atoms with E-state index in [1.54, 1.807) is 36.1 Å². The van der Waals surface area contributed by atoms with Crippen molar-refractivity contribution in [2.75, 3.05) is 25.4 Å². The van der Waals surface area contributed by atoms with E-state index in [0.717, 1.165) is 23.4 Å². The molecule has 0 aliphatic heterocycles. The summed E-state index contributed by atoms with van der Waals surface area (Å²) in [7, 11) is 0. The number of rotatable bonds is 11. The molecule has 44 heavy (non-hydrogen) atoms. The average Bonchev–Trinajstić information content (AvgIpc) is 3.38. The van der Waals surface area contributed by atoms with E-state index >= 15 is 4.39 Å². The van der Waals surface area contributed by atoms with Gasteiger partial charge in [0.05, 0.1) is 12.6 Å². The van der Waals surface area contributed by atoms with Gasteiger partial charge in [-0.25, -0.2) is 13.6 Å². The predicted octanol–water partition coefficient (Wildman–Crippen LogP) is 7.43. The van der Waals surface area contributed by atoms with Crippen molar-refractivity contribution in [3.8, 4) is 11.1 Å². The number of halogens is 2. The molecule has 0 saturated heterocycles. The fourth-order valence-electron chi connectivity index (χ4n) is 5.37. The van der Waals surface area contributed by atoms with E-state index in [9.17, 15) is 14.0 Å². The van der Waals surface area contributed by atoms with Gasteiger partial charge in [-0.2, -0.15) is 0 Å². The van der Waals surface area contributed by atoms with Gasteiger partial charge >= 0.3 is 6.09 Å². The van der Waals surface area contributed by atoms with Crippen molar-refractivity contribution in [1.29, 1.82) is 0 Å². The number of benzene rings is 3. The van der Waals surface area contributed by atoms with Gasteiger partial charge in [0.2, 0.25) is 0 Å². The Balaban J connectivity index is 1.83. The molecule has 232 valence electrons. The van der Waals surface area contributed by atoms with E-state index in [4.69, 9.17) is 10.5 Å². The number of alkyl carbamates (subject to hydrolysis) is 1. The Morgan fingerprint density at radius 3 is 2.36 bits per heavy atom. The standard InChI is InChI=1S/C35H40F2N4O3/c1-5-44-34(43)39-18-9-19-41(33(42)25-12-15-28(38)16-13-25)32(35(2,3)4)31-20-26(29-21-27(36)14-17-30(29)37)23-40(31)22-24-10-7-6-8-11-24/h6-8,10-17,20-21,23,32H,5,9,18-19,22,38H2,1-4H3,(H,39,43)/t32-/m0/s1. The lowest BCUT2D eigenvalue weighted by Gasteiger charge is -2.41. The van der Waals surface area contributed by atoms with Crippen molar-refractivity contribution >= 4 is 17.7 Å². The maximum Gasteiger partial charge on any atom is 0.407 e. The number of nitrogens with two attached hydrogens (primary N) is 1. The van der Waals surface area contributed by atoms with Crippen LogP contribution in [0.1, 0.15) is 61.8 Å². The van der Waals surface area contributed by atoms with Gasteiger partial charge < -0.3 is 25.3 Å². The lowest BCUT2D eigenvalue weighted by Crippen LogP contribution is -2.43. The Hall–Kier alpha value is -4.66. The van der Waals surface area contributed by atoms with Crippen LogP contribution in [-0.4, -0.2) is 41.2 Å². The number of anilines is 1. The number of carbonyl (C=O) groups excluding carboxylic acids is 2. The molecule has 4 aromatic rings. The molecule has 0 aliphatic rings. The first-order valence-corrected chi connectivity index (χ1v) is 14.7. The lowest BCUT2D eigenvalue weighted by atomic mass is 9.82. The first kappa shape index (κ1) is 32.3. The van der Waals surface area contributed by atoms with Gasteiger partial charge in [0, 0.05) is 53.9 Å². The summed E-state index contributed by atoms with van der Waals surface area (Å²) in [5, 5.41) is 2.73. The van der Waals surface area contributed by atoms with Crippen LogP contribution in [0.25, 0.3) is 11.1 Å². The van der Waals surface area contributed by atoms with Crippen LogP contribution in [0.2, 0.25) is 0 Å². The Kier molecular flexibility index (Phi) is 10.4. The maximum absolute atomic E-state index is 15.0. The van der Waals surface area contributed by atoms with E-state index in [1.165, 1.54) is 6.07 Å². The molecule has 1 aromatic heterocycles. The first-order chi connectivity index (χ1) is 21.0. The highest BCUT2D eigenvalue weighted by Crippen LogP contribution is 2.41. The third-order valence-electron chi connectivity index (χ3n) is 7.32. The molecule has 0 spiro atoms. The molecule has 3 aromatic carbocycles. The van der Waals surface area contributed by atoms with Gasteiger partial charge in [-0.15, -0.1) is 0 Å². The van der Waals surface area contributed by atoms with E-state index in [1.807, 2.05) is 67.9 Å². The van der Waals surface area contributed by atoms with Crippen molar-refractivity contribution in [1.82, 2.24) is 14.8 Å². The van der Waals surface area contributed by atoms with Gasteiger partial charge in [0.15, 0.2) is 0 Å². The van der Waals surface area contributed by atoms with Crippen LogP contribution >= 0.6 is 0 Å². The monoisotopic (exact) mass is 602 g/mol. The molecule has 3 N–H and O–H groups in total. The number of nitrogens with zero attached hydrogens (tertiary/aromatic N) is 2. The number of nitrogens with one attached hydrogen (secondary N) is 1. The van der Waals surface area contributed by atoms with Crippen molar-refractivity contribution in [3.63, 3.8) is 0 Å². The van der Waals surface area contributed by atoms with Gasteiger partial charge in [-0.3, -0.25) is 4.79 Å². The topological polar surface area (TPSA) is 89.6 Å². The minimum atomic E-state index is -0.541. The highest BCUT2D eigenvalue weighted by molar-refractivity contribution is 5.95. The van der Waals surface area contributed by atoms with Crippen molar-refractivity contribution < 1.29 is 23.1 Å². The molecule has 9 heteroatoms. The summed E-state index contributed by atoms with van der Waals surface area (Å²) in [5.74, 6) is -1.30. The molecule has 0 fully saturated rings. The number of amides is 2. The van der Waals surface area contributed by atoms with E-state index in [-0.39, 0.29) is 18.1 Å². The molecule has 1 heterocycles. The first-order valence-electron chi connectivity index (χ1n) is 14.7. The minimum Gasteiger partial charge on any atom is -0.450 e. The third-order valence-corrected chi connectivity index (χ3v) is 7.32. The third kappa shape index (κ3) is 8.03. The van der Waals surface area contributed by atoms with Gasteiger partial charge in [0.1, 0.15) is 11.6 Å². The minimum absolute atomic E-state index is 0.140. The molecule has 0 radical (unpaired) electrons. The fourth-order valence-corrected chi connectivity index (χ4v) is 5.37. The molecule has 0 saturated carbocycles. The molecular formula is C35H40F2N4O3. The summed E-state index contributed by atoms with van der Waals surface area (Å²) >= 11 is 0. The molecular weight excluding hydrogens is 562 g/mol. The molecule has 2 amide bonds. The van der Waals surface area contributed by atoms with Crippen LogP contribution in [0.15, 0.2) is 85.1 Å². The summed E-state index contributed by atoms with van der Waals surface area (Å²) in [6.45, 7) is 9.17. The highest BCUT2D eigenvalue weighted by Gasteiger charge is 2.37. The second-order valence-corrected chi connectivity index (χ2v) is 11.8. The summed E-state index contributed by atoms with van der Waals surface area (Å²) in [6.07, 6.45) is 1.75. The van der Waals surface area contributed by atoms with Crippen molar-refractivity contribution in [2.45, 2.75) is 46.7 Å². The maximum atomic E-state index is 15.0. The summed E-state index contributed by atoms with van der Waals surface area (Å²) in [6, 6.07) is 21.3. The molecule has 7 nitrogen and oxygen atoms in total. The second kappa shape index (κ2) is 14.2. The molecule has 1 atom stereocenters. The molecule has 0 unspecified atom stereocenters. The average molecular weight is 603 g/mol. The normalized spacial score (nSPS) is 12.0. The van der Waals surface area contributed by atoms with Crippen molar-refractivity contribution in [3.05, 3.63) is 114 Å². The highest BCUT2D eigenvalue weighted by atomic mass is 19.1. The number of hydrogen-bond acceptors (Lipinski definition) is 4. The van der Waals surface area contributed by atoms with Crippen LogP contribution in [0.5, 0.6) is 0 Å². The summed E-state index contributed by atoms with van der Waals surface area (Å²) in [5.41, 5.74) is 8.84. The van der Waals surface area contributed by atoms with Crippen LogP contribution in [0.4, 0.5) is 19.3 Å². The molecule has 4 rings (SSSR count). The number of hydrogen-bond donors (Lipinski definition) is 2. The number of ether oxygens (including phenoxy) is 1. The van der Waals surface area contributed by atoms with E-state index in [2.05, 4.69) is 5.32 Å². The van der Waals surface area contributed by atoms with Crippen molar-refractivity contribution in [2.24, 2.45) is 5.41 Å².